The summed E-state index contributed by atoms with van der Waals surface area (Å²) < 4.78 is 35.0. The Labute approximate surface area is 173 Å². The summed E-state index contributed by atoms with van der Waals surface area (Å²) in [4.78, 5) is 18.0. The number of aromatic nitrogens is 1. The Morgan fingerprint density at radius 3 is 2.76 bits per heavy atom. The van der Waals surface area contributed by atoms with Gasteiger partial charge >= 0.3 is 0 Å². The summed E-state index contributed by atoms with van der Waals surface area (Å²) in [7, 11) is -2.54. The van der Waals surface area contributed by atoms with Crippen LogP contribution in [-0.2, 0) is 21.2 Å². The summed E-state index contributed by atoms with van der Waals surface area (Å²) in [6.45, 7) is 2.64. The molecule has 0 spiro atoms. The van der Waals surface area contributed by atoms with Gasteiger partial charge in [0, 0.05) is 18.7 Å². The zero-order valence-electron chi connectivity index (χ0n) is 16.1. The molecule has 4 rings (SSSR count). The number of amides is 1. The molecule has 1 aromatic heterocycles. The Bertz CT molecular complexity index is 1190. The number of carbonyl (C=O) groups is 1. The predicted octanol–water partition coefficient (Wildman–Crippen LogP) is 3.79. The number of rotatable bonds is 6. The number of ether oxygens (including phenoxy) is 1. The van der Waals surface area contributed by atoms with Crippen molar-refractivity contribution in [3.8, 4) is 5.75 Å². The van der Waals surface area contributed by atoms with E-state index in [2.05, 4.69) is 16.6 Å². The van der Waals surface area contributed by atoms with Gasteiger partial charge in [0.2, 0.25) is 5.91 Å². The topological polar surface area (TPSA) is 88.6 Å². The fourth-order valence-electron chi connectivity index (χ4n) is 3.37. The molecule has 7 nitrogen and oxygen atoms in total. The molecule has 1 N–H and O–H groups in total. The third-order valence-electron chi connectivity index (χ3n) is 4.90. The minimum atomic E-state index is -3.95. The van der Waals surface area contributed by atoms with Gasteiger partial charge in [0.05, 0.1) is 17.3 Å². The lowest BCUT2D eigenvalue weighted by Gasteiger charge is -2.18. The first-order valence-electron chi connectivity index (χ1n) is 9.32. The minimum absolute atomic E-state index is 0.00984. The van der Waals surface area contributed by atoms with Crippen LogP contribution >= 0.6 is 11.3 Å². The van der Waals surface area contributed by atoms with Crippen LogP contribution in [0.4, 0.5) is 10.8 Å². The van der Waals surface area contributed by atoms with Crippen LogP contribution < -0.4 is 14.4 Å². The second kappa shape index (κ2) is 7.64. The molecule has 1 amide bonds. The van der Waals surface area contributed by atoms with Crippen LogP contribution in [0.15, 0.2) is 41.3 Å². The van der Waals surface area contributed by atoms with Crippen molar-refractivity contribution in [1.29, 1.82) is 0 Å². The molecule has 2 heterocycles. The largest absolute Gasteiger partial charge is 0.495 e. The highest BCUT2D eigenvalue weighted by atomic mass is 32.2. The maximum absolute atomic E-state index is 13.1. The van der Waals surface area contributed by atoms with E-state index in [1.54, 1.807) is 17.0 Å². The monoisotopic (exact) mass is 431 g/mol. The van der Waals surface area contributed by atoms with Crippen molar-refractivity contribution in [1.82, 2.24) is 4.98 Å². The Morgan fingerprint density at radius 2 is 2.07 bits per heavy atom. The van der Waals surface area contributed by atoms with Crippen LogP contribution in [0.25, 0.3) is 10.2 Å². The summed E-state index contributed by atoms with van der Waals surface area (Å²) in [6.07, 6.45) is 2.13. The third kappa shape index (κ3) is 3.79. The van der Waals surface area contributed by atoms with E-state index >= 15 is 0 Å². The molecule has 9 heteroatoms. The van der Waals surface area contributed by atoms with Gasteiger partial charge in [0.1, 0.15) is 10.6 Å². The summed E-state index contributed by atoms with van der Waals surface area (Å²) in [5, 5.41) is 0.290. The van der Waals surface area contributed by atoms with E-state index in [-0.39, 0.29) is 21.7 Å². The zero-order chi connectivity index (χ0) is 20.6. The Balaban J connectivity index is 1.70. The molecule has 2 aromatic carbocycles. The number of sulfonamides is 1. The van der Waals surface area contributed by atoms with Crippen LogP contribution in [0.3, 0.4) is 0 Å². The van der Waals surface area contributed by atoms with Crippen LogP contribution in [0.2, 0.25) is 0 Å². The number of nitrogens with one attached hydrogen (secondary N) is 1. The Hall–Kier alpha value is -2.65. The average molecular weight is 432 g/mol. The fourth-order valence-corrected chi connectivity index (χ4v) is 5.72. The molecular formula is C20H21N3O4S2. The van der Waals surface area contributed by atoms with Crippen LogP contribution in [0, 0.1) is 0 Å². The number of carbonyl (C=O) groups excluding carboxylic acids is 1. The standard InChI is InChI=1S/C20H21N3O4S2/c1-3-13-6-8-15-17(11-13)28-20(21-15)22-29(25,26)18-12-14(7-9-16(18)27-2)23-10-4-5-19(23)24/h6-9,11-12H,3-5,10H2,1-2H3,(H,21,22). The molecule has 1 saturated heterocycles. The molecular weight excluding hydrogens is 410 g/mol. The Morgan fingerprint density at radius 1 is 1.24 bits per heavy atom. The molecule has 29 heavy (non-hydrogen) atoms. The van der Waals surface area contributed by atoms with Crippen LogP contribution in [0.1, 0.15) is 25.3 Å². The van der Waals surface area contributed by atoms with Gasteiger partial charge in [-0.05, 0) is 48.7 Å². The molecule has 0 bridgehead atoms. The maximum Gasteiger partial charge on any atom is 0.267 e. The predicted molar refractivity (Wildman–Crippen MR) is 114 cm³/mol. The van der Waals surface area contributed by atoms with Crippen molar-refractivity contribution in [2.24, 2.45) is 0 Å². The smallest absolute Gasteiger partial charge is 0.267 e. The average Bonchev–Trinajstić information content (AvgIpc) is 3.31. The lowest BCUT2D eigenvalue weighted by Crippen LogP contribution is -2.24. The fraction of sp³-hybridized carbons (Fsp3) is 0.300. The summed E-state index contributed by atoms with van der Waals surface area (Å²) in [6, 6.07) is 10.6. The van der Waals surface area contributed by atoms with Crippen molar-refractivity contribution in [2.45, 2.75) is 31.1 Å². The summed E-state index contributed by atoms with van der Waals surface area (Å²) >= 11 is 1.28. The number of benzene rings is 2. The summed E-state index contributed by atoms with van der Waals surface area (Å²) in [5.74, 6) is 0.201. The number of nitrogens with zero attached hydrogens (tertiary/aromatic N) is 2. The molecule has 0 unspecified atom stereocenters. The number of hydrogen-bond acceptors (Lipinski definition) is 6. The molecule has 0 saturated carbocycles. The van der Waals surface area contributed by atoms with Gasteiger partial charge in [-0.3, -0.25) is 9.52 Å². The molecule has 3 aromatic rings. The third-order valence-corrected chi connectivity index (χ3v) is 7.33. The second-order valence-corrected chi connectivity index (χ2v) is 9.45. The first-order chi connectivity index (χ1) is 13.9. The highest BCUT2D eigenvalue weighted by molar-refractivity contribution is 7.93. The zero-order valence-corrected chi connectivity index (χ0v) is 17.8. The van der Waals surface area contributed by atoms with Gasteiger partial charge < -0.3 is 9.64 Å². The molecule has 1 aliphatic rings. The Kier molecular flexibility index (Phi) is 5.18. The SMILES string of the molecule is CCc1ccc2nc(NS(=O)(=O)c3cc(N4CCCC4=O)ccc3OC)sc2c1. The lowest BCUT2D eigenvalue weighted by atomic mass is 10.2. The second-order valence-electron chi connectivity index (χ2n) is 6.76. The van der Waals surface area contributed by atoms with E-state index in [1.807, 2.05) is 18.2 Å². The molecule has 0 aliphatic carbocycles. The van der Waals surface area contributed by atoms with Crippen molar-refractivity contribution in [2.75, 3.05) is 23.3 Å². The minimum Gasteiger partial charge on any atom is -0.495 e. The number of methoxy groups -OCH3 is 1. The van der Waals surface area contributed by atoms with E-state index in [0.29, 0.717) is 18.7 Å². The highest BCUT2D eigenvalue weighted by Gasteiger charge is 2.26. The van der Waals surface area contributed by atoms with Crippen molar-refractivity contribution >= 4 is 48.3 Å². The van der Waals surface area contributed by atoms with Crippen molar-refractivity contribution < 1.29 is 17.9 Å². The quantitative estimate of drug-likeness (QED) is 0.641. The number of fused-ring (bicyclic) bond motifs is 1. The van der Waals surface area contributed by atoms with E-state index in [4.69, 9.17) is 4.74 Å². The molecule has 1 fully saturated rings. The molecule has 0 radical (unpaired) electrons. The molecule has 0 atom stereocenters. The normalized spacial score (nSPS) is 14.6. The first-order valence-corrected chi connectivity index (χ1v) is 11.6. The lowest BCUT2D eigenvalue weighted by molar-refractivity contribution is -0.117. The number of anilines is 2. The van der Waals surface area contributed by atoms with Gasteiger partial charge in [-0.25, -0.2) is 13.4 Å². The van der Waals surface area contributed by atoms with E-state index < -0.39 is 10.0 Å². The number of hydrogen-bond donors (Lipinski definition) is 1. The van der Waals surface area contributed by atoms with Gasteiger partial charge in [-0.1, -0.05) is 24.3 Å². The van der Waals surface area contributed by atoms with Gasteiger partial charge in [0.25, 0.3) is 10.0 Å². The van der Waals surface area contributed by atoms with E-state index in [0.717, 1.165) is 23.1 Å². The first kappa shape index (κ1) is 19.7. The van der Waals surface area contributed by atoms with Crippen LogP contribution in [0.5, 0.6) is 5.75 Å². The highest BCUT2D eigenvalue weighted by Crippen LogP contribution is 2.34. The maximum atomic E-state index is 13.1. The van der Waals surface area contributed by atoms with Crippen molar-refractivity contribution in [3.63, 3.8) is 0 Å². The van der Waals surface area contributed by atoms with Gasteiger partial charge in [0.15, 0.2) is 5.13 Å². The number of aryl methyl sites for hydroxylation is 1. The van der Waals surface area contributed by atoms with Gasteiger partial charge in [-0.15, -0.1) is 0 Å². The van der Waals surface area contributed by atoms with E-state index in [9.17, 15) is 13.2 Å². The summed E-state index contributed by atoms with van der Waals surface area (Å²) in [5.41, 5.74) is 2.46. The molecule has 152 valence electrons. The van der Waals surface area contributed by atoms with E-state index in [1.165, 1.54) is 30.1 Å². The number of thiazole rings is 1. The van der Waals surface area contributed by atoms with Crippen LogP contribution in [-0.4, -0.2) is 33.0 Å². The van der Waals surface area contributed by atoms with Crippen molar-refractivity contribution in [3.05, 3.63) is 42.0 Å². The van der Waals surface area contributed by atoms with Gasteiger partial charge in [-0.2, -0.15) is 0 Å². The molecule has 1 aliphatic heterocycles.